The summed E-state index contributed by atoms with van der Waals surface area (Å²) >= 11 is 1.49. The van der Waals surface area contributed by atoms with Gasteiger partial charge in [-0.05, 0) is 53.3 Å². The fraction of sp³-hybridized carbons (Fsp3) is 0.304. The first-order valence-electron chi connectivity index (χ1n) is 9.69. The third kappa shape index (κ3) is 3.69. The van der Waals surface area contributed by atoms with E-state index in [2.05, 4.69) is 24.5 Å². The number of hydrogen-bond donors (Lipinski definition) is 2. The largest absolute Gasteiger partial charge is 0.362 e. The molecular formula is C23H22F2N2O2S. The molecule has 4 rings (SSSR count). The van der Waals surface area contributed by atoms with Crippen molar-refractivity contribution in [3.8, 4) is 0 Å². The molecule has 0 saturated heterocycles. The van der Waals surface area contributed by atoms with E-state index < -0.39 is 23.5 Å². The van der Waals surface area contributed by atoms with Crippen LogP contribution in [0.2, 0.25) is 0 Å². The highest BCUT2D eigenvalue weighted by Gasteiger charge is 2.42. The highest BCUT2D eigenvalue weighted by atomic mass is 32.1. The molecule has 7 heteroatoms. The van der Waals surface area contributed by atoms with Crippen molar-refractivity contribution >= 4 is 28.7 Å². The van der Waals surface area contributed by atoms with Gasteiger partial charge in [0.1, 0.15) is 11.6 Å². The molecule has 0 fully saturated rings. The molecule has 1 aliphatic heterocycles. The van der Waals surface area contributed by atoms with E-state index in [0.717, 1.165) is 23.4 Å². The van der Waals surface area contributed by atoms with Crippen molar-refractivity contribution in [1.29, 1.82) is 0 Å². The maximum atomic E-state index is 14.1. The van der Waals surface area contributed by atoms with Gasteiger partial charge in [-0.2, -0.15) is 11.3 Å². The van der Waals surface area contributed by atoms with E-state index in [4.69, 9.17) is 0 Å². The maximum absolute atomic E-state index is 14.1. The van der Waals surface area contributed by atoms with Crippen LogP contribution in [0, 0.1) is 17.0 Å². The number of allylic oxidation sites excluding steroid dienone is 3. The maximum Gasteiger partial charge on any atom is 0.254 e. The van der Waals surface area contributed by atoms with E-state index in [1.807, 2.05) is 16.8 Å². The zero-order valence-electron chi connectivity index (χ0n) is 16.9. The Hall–Kier alpha value is -2.80. The number of rotatable bonds is 3. The van der Waals surface area contributed by atoms with Crippen molar-refractivity contribution < 1.29 is 18.4 Å². The number of amides is 1. The molecule has 0 radical (unpaired) electrons. The van der Waals surface area contributed by atoms with Gasteiger partial charge in [-0.1, -0.05) is 13.8 Å². The third-order valence-electron chi connectivity index (χ3n) is 5.54. The highest BCUT2D eigenvalue weighted by molar-refractivity contribution is 7.08. The van der Waals surface area contributed by atoms with Gasteiger partial charge in [0.15, 0.2) is 5.78 Å². The molecule has 1 atom stereocenters. The number of Topliss-reactive ketones (excluding diaryl/α,β-unsaturated/α-hetero) is 1. The third-order valence-corrected chi connectivity index (χ3v) is 6.24. The van der Waals surface area contributed by atoms with Gasteiger partial charge in [0.25, 0.3) is 5.91 Å². The van der Waals surface area contributed by atoms with Crippen LogP contribution in [0.4, 0.5) is 14.5 Å². The number of thiophene rings is 1. The summed E-state index contributed by atoms with van der Waals surface area (Å²) in [6, 6.07) is 4.90. The Balaban J connectivity index is 1.77. The first-order valence-corrected chi connectivity index (χ1v) is 10.6. The highest BCUT2D eigenvalue weighted by Crippen LogP contribution is 2.47. The second kappa shape index (κ2) is 7.47. The number of benzene rings is 1. The number of carbonyl (C=O) groups is 2. The van der Waals surface area contributed by atoms with Crippen LogP contribution >= 0.6 is 11.3 Å². The Morgan fingerprint density at radius 3 is 2.67 bits per heavy atom. The molecule has 156 valence electrons. The van der Waals surface area contributed by atoms with Gasteiger partial charge in [0.2, 0.25) is 0 Å². The van der Waals surface area contributed by atoms with Crippen LogP contribution in [0.15, 0.2) is 57.6 Å². The van der Waals surface area contributed by atoms with E-state index in [0.29, 0.717) is 29.7 Å². The Labute approximate surface area is 177 Å². The van der Waals surface area contributed by atoms with Crippen LogP contribution in [0.5, 0.6) is 0 Å². The first-order chi connectivity index (χ1) is 14.2. The lowest BCUT2D eigenvalue weighted by atomic mass is 9.69. The number of carbonyl (C=O) groups excluding carboxylic acids is 2. The molecule has 2 aromatic rings. The quantitative estimate of drug-likeness (QED) is 0.700. The molecule has 1 aromatic heterocycles. The van der Waals surface area contributed by atoms with Gasteiger partial charge in [0.05, 0.1) is 5.69 Å². The number of anilines is 1. The smallest absolute Gasteiger partial charge is 0.254 e. The second-order valence-corrected chi connectivity index (χ2v) is 9.34. The molecule has 1 aliphatic carbocycles. The van der Waals surface area contributed by atoms with Crippen LogP contribution in [0.1, 0.15) is 45.1 Å². The van der Waals surface area contributed by atoms with Gasteiger partial charge < -0.3 is 10.6 Å². The summed E-state index contributed by atoms with van der Waals surface area (Å²) in [4.78, 5) is 26.4. The van der Waals surface area contributed by atoms with E-state index in [1.54, 1.807) is 6.92 Å². The van der Waals surface area contributed by atoms with Crippen LogP contribution in [-0.4, -0.2) is 11.7 Å². The van der Waals surface area contributed by atoms with Crippen molar-refractivity contribution in [2.45, 2.75) is 39.5 Å². The molecule has 30 heavy (non-hydrogen) atoms. The van der Waals surface area contributed by atoms with E-state index in [1.165, 1.54) is 17.4 Å². The van der Waals surface area contributed by atoms with E-state index in [-0.39, 0.29) is 16.9 Å². The molecule has 2 N–H and O–H groups in total. The summed E-state index contributed by atoms with van der Waals surface area (Å²) in [7, 11) is 0. The minimum Gasteiger partial charge on any atom is -0.362 e. The Morgan fingerprint density at radius 2 is 2.00 bits per heavy atom. The monoisotopic (exact) mass is 428 g/mol. The number of ketones is 1. The lowest BCUT2D eigenvalue weighted by Crippen LogP contribution is -2.39. The Kier molecular flexibility index (Phi) is 5.10. The van der Waals surface area contributed by atoms with Gasteiger partial charge in [-0.3, -0.25) is 9.59 Å². The molecule has 1 amide bonds. The van der Waals surface area contributed by atoms with Crippen molar-refractivity contribution in [2.24, 2.45) is 5.41 Å². The molecule has 1 aromatic carbocycles. The van der Waals surface area contributed by atoms with Crippen molar-refractivity contribution in [3.05, 3.63) is 74.8 Å². The van der Waals surface area contributed by atoms with Crippen LogP contribution in [-0.2, 0) is 9.59 Å². The Bertz CT molecular complexity index is 1100. The zero-order chi connectivity index (χ0) is 21.6. The second-order valence-electron chi connectivity index (χ2n) is 8.56. The fourth-order valence-electron chi connectivity index (χ4n) is 4.29. The van der Waals surface area contributed by atoms with E-state index in [9.17, 15) is 18.4 Å². The lowest BCUT2D eigenvalue weighted by Gasteiger charge is -2.39. The van der Waals surface area contributed by atoms with Gasteiger partial charge in [-0.15, -0.1) is 0 Å². The average molecular weight is 429 g/mol. The molecule has 0 bridgehead atoms. The summed E-state index contributed by atoms with van der Waals surface area (Å²) in [5.74, 6) is -2.62. The predicted octanol–water partition coefficient (Wildman–Crippen LogP) is 5.27. The summed E-state index contributed by atoms with van der Waals surface area (Å²) in [5, 5.41) is 9.64. The Morgan fingerprint density at radius 1 is 1.23 bits per heavy atom. The average Bonchev–Trinajstić information content (AvgIpc) is 3.16. The number of nitrogens with one attached hydrogen (secondary N) is 2. The summed E-state index contributed by atoms with van der Waals surface area (Å²) in [6.45, 7) is 5.88. The minimum atomic E-state index is -0.854. The van der Waals surface area contributed by atoms with Gasteiger partial charge in [0, 0.05) is 40.9 Å². The normalized spacial score (nSPS) is 20.7. The molecule has 0 saturated carbocycles. The zero-order valence-corrected chi connectivity index (χ0v) is 17.8. The minimum absolute atomic E-state index is 0.00992. The standard InChI is InChI=1S/C23H22F2N2O2S/c1-12-19(22(29)27-16-5-4-14(24)8-15(16)25)20(13-6-7-30-11-13)21-17(26-12)9-23(2,3)10-18(21)28/h4-8,11,20,26H,9-10H2,1-3H3,(H,27,29)/t20-/m1/s1. The molecule has 0 spiro atoms. The molecule has 2 heterocycles. The predicted molar refractivity (Wildman–Crippen MR) is 113 cm³/mol. The lowest BCUT2D eigenvalue weighted by molar-refractivity contribution is -0.118. The first kappa shape index (κ1) is 20.5. The topological polar surface area (TPSA) is 58.2 Å². The van der Waals surface area contributed by atoms with E-state index >= 15 is 0 Å². The molecule has 2 aliphatic rings. The number of dihydropyridines is 1. The molecule has 0 unspecified atom stereocenters. The SMILES string of the molecule is CC1=C(C(=O)Nc2ccc(F)cc2F)[C@@H](c2ccsc2)C2=C(CC(C)(C)CC2=O)N1. The summed E-state index contributed by atoms with van der Waals surface area (Å²) in [6.07, 6.45) is 1.10. The summed E-state index contributed by atoms with van der Waals surface area (Å²) < 4.78 is 27.3. The molecular weight excluding hydrogens is 406 g/mol. The van der Waals surface area contributed by atoms with Crippen LogP contribution in [0.25, 0.3) is 0 Å². The van der Waals surface area contributed by atoms with Gasteiger partial charge >= 0.3 is 0 Å². The van der Waals surface area contributed by atoms with Crippen molar-refractivity contribution in [1.82, 2.24) is 5.32 Å². The van der Waals surface area contributed by atoms with Gasteiger partial charge in [-0.25, -0.2) is 8.78 Å². The van der Waals surface area contributed by atoms with Crippen molar-refractivity contribution in [3.63, 3.8) is 0 Å². The van der Waals surface area contributed by atoms with Crippen molar-refractivity contribution in [2.75, 3.05) is 5.32 Å². The fourth-order valence-corrected chi connectivity index (χ4v) is 4.98. The van der Waals surface area contributed by atoms with Crippen LogP contribution in [0.3, 0.4) is 0 Å². The molecule has 4 nitrogen and oxygen atoms in total. The number of halogens is 2. The summed E-state index contributed by atoms with van der Waals surface area (Å²) in [5.41, 5.74) is 3.00. The van der Waals surface area contributed by atoms with Crippen LogP contribution < -0.4 is 10.6 Å². The number of hydrogen-bond acceptors (Lipinski definition) is 4.